The number of rotatable bonds is 4. The molecule has 0 saturated heterocycles. The van der Waals surface area contributed by atoms with E-state index in [4.69, 9.17) is 4.74 Å². The summed E-state index contributed by atoms with van der Waals surface area (Å²) in [6.45, 7) is 0. The maximum atomic E-state index is 10.7. The molecule has 1 unspecified atom stereocenters. The molecule has 4 nitrogen and oxygen atoms in total. The van der Waals surface area contributed by atoms with Gasteiger partial charge >= 0.3 is 0 Å². The predicted octanol–water partition coefficient (Wildman–Crippen LogP) is 2.56. The van der Waals surface area contributed by atoms with Crippen molar-refractivity contribution in [2.75, 3.05) is 7.11 Å². The van der Waals surface area contributed by atoms with Gasteiger partial charge in [0.2, 0.25) is 0 Å². The Morgan fingerprint density at radius 1 is 1.41 bits per heavy atom. The Hall–Kier alpha value is -1.29. The molecule has 0 aromatic carbocycles. The first-order chi connectivity index (χ1) is 8.35. The van der Waals surface area contributed by atoms with Crippen LogP contribution in [0.3, 0.4) is 0 Å². The molecule has 4 heteroatoms. The Kier molecular flexibility index (Phi) is 4.20. The van der Waals surface area contributed by atoms with E-state index in [1.54, 1.807) is 19.4 Å². The molecule has 1 fully saturated rings. The van der Waals surface area contributed by atoms with Crippen molar-refractivity contribution in [3.05, 3.63) is 23.8 Å². The molecule has 92 valence electrons. The summed E-state index contributed by atoms with van der Waals surface area (Å²) in [6, 6.07) is 1.62. The molecule has 0 bridgehead atoms. The van der Waals surface area contributed by atoms with Gasteiger partial charge in [0.1, 0.15) is 11.8 Å². The van der Waals surface area contributed by atoms with Crippen molar-refractivity contribution in [1.29, 1.82) is 0 Å². The third-order valence-electron chi connectivity index (χ3n) is 3.40. The second kappa shape index (κ2) is 5.87. The lowest BCUT2D eigenvalue weighted by Crippen LogP contribution is -2.20. The Balaban J connectivity index is 2.17. The fourth-order valence-electron chi connectivity index (χ4n) is 2.54. The van der Waals surface area contributed by atoms with Crippen LogP contribution in [0.5, 0.6) is 0 Å². The highest BCUT2D eigenvalue weighted by Crippen LogP contribution is 2.34. The van der Waals surface area contributed by atoms with Crippen molar-refractivity contribution in [2.45, 2.75) is 38.2 Å². The second-order valence-electron chi connectivity index (χ2n) is 4.51. The van der Waals surface area contributed by atoms with Crippen molar-refractivity contribution < 1.29 is 9.53 Å². The molecule has 0 aliphatic heterocycles. The SMILES string of the molecule is COC(c1nccc(C=O)n1)C1CCCCC1. The number of hydrogen-bond donors (Lipinski definition) is 0. The monoisotopic (exact) mass is 234 g/mol. The zero-order valence-electron chi connectivity index (χ0n) is 10.1. The third kappa shape index (κ3) is 2.88. The standard InChI is InChI=1S/C13H18N2O2/c1-17-12(10-5-3-2-4-6-10)13-14-8-7-11(9-16)15-13/h7-10,12H,2-6H2,1H3. The molecule has 1 aliphatic carbocycles. The first kappa shape index (κ1) is 12.2. The molecule has 2 rings (SSSR count). The minimum Gasteiger partial charge on any atom is -0.373 e. The van der Waals surface area contributed by atoms with Crippen molar-refractivity contribution in [2.24, 2.45) is 5.92 Å². The van der Waals surface area contributed by atoms with E-state index in [0.29, 0.717) is 17.4 Å². The average Bonchev–Trinajstić information content (AvgIpc) is 2.41. The number of aldehydes is 1. The summed E-state index contributed by atoms with van der Waals surface area (Å²) >= 11 is 0. The van der Waals surface area contributed by atoms with E-state index in [-0.39, 0.29) is 6.10 Å². The molecule has 1 heterocycles. The lowest BCUT2D eigenvalue weighted by atomic mass is 9.85. The van der Waals surface area contributed by atoms with Crippen LogP contribution in [0.1, 0.15) is 54.5 Å². The third-order valence-corrected chi connectivity index (χ3v) is 3.40. The zero-order valence-corrected chi connectivity index (χ0v) is 10.1. The largest absolute Gasteiger partial charge is 0.373 e. The maximum absolute atomic E-state index is 10.7. The van der Waals surface area contributed by atoms with Crippen molar-refractivity contribution in [3.63, 3.8) is 0 Å². The van der Waals surface area contributed by atoms with Crippen LogP contribution in [-0.2, 0) is 4.74 Å². The van der Waals surface area contributed by atoms with Gasteiger partial charge in [-0.05, 0) is 24.8 Å². The normalized spacial score (nSPS) is 18.9. The molecule has 1 saturated carbocycles. The van der Waals surface area contributed by atoms with Gasteiger partial charge in [-0.3, -0.25) is 4.79 Å². The molecular weight excluding hydrogens is 216 g/mol. The maximum Gasteiger partial charge on any atom is 0.168 e. The average molecular weight is 234 g/mol. The summed E-state index contributed by atoms with van der Waals surface area (Å²) < 4.78 is 5.53. The molecule has 1 aliphatic rings. The number of aromatic nitrogens is 2. The van der Waals surface area contributed by atoms with Crippen LogP contribution in [0.4, 0.5) is 0 Å². The second-order valence-corrected chi connectivity index (χ2v) is 4.51. The molecular formula is C13H18N2O2. The first-order valence-electron chi connectivity index (χ1n) is 6.16. The lowest BCUT2D eigenvalue weighted by molar-refractivity contribution is 0.0288. The molecule has 1 aromatic heterocycles. The lowest BCUT2D eigenvalue weighted by Gasteiger charge is -2.28. The minimum absolute atomic E-state index is 0.0739. The summed E-state index contributed by atoms with van der Waals surface area (Å²) in [4.78, 5) is 19.2. The summed E-state index contributed by atoms with van der Waals surface area (Å²) in [5.41, 5.74) is 0.424. The Labute approximate surface area is 101 Å². The number of ether oxygens (including phenoxy) is 1. The minimum atomic E-state index is -0.0739. The molecule has 17 heavy (non-hydrogen) atoms. The number of carbonyl (C=O) groups excluding carboxylic acids is 1. The van der Waals surface area contributed by atoms with E-state index in [9.17, 15) is 4.79 Å². The van der Waals surface area contributed by atoms with Gasteiger partial charge in [0, 0.05) is 13.3 Å². The van der Waals surface area contributed by atoms with E-state index in [2.05, 4.69) is 9.97 Å². The van der Waals surface area contributed by atoms with Gasteiger partial charge in [0.25, 0.3) is 0 Å². The molecule has 1 aromatic rings. The van der Waals surface area contributed by atoms with Crippen molar-refractivity contribution in [3.8, 4) is 0 Å². The van der Waals surface area contributed by atoms with Crippen LogP contribution >= 0.6 is 0 Å². The highest BCUT2D eigenvalue weighted by molar-refractivity contribution is 5.71. The zero-order chi connectivity index (χ0) is 12.1. The Bertz CT molecular complexity index is 375. The number of carbonyl (C=O) groups is 1. The van der Waals surface area contributed by atoms with Crippen LogP contribution < -0.4 is 0 Å². The van der Waals surface area contributed by atoms with Gasteiger partial charge in [-0.25, -0.2) is 9.97 Å². The van der Waals surface area contributed by atoms with Crippen LogP contribution in [0.15, 0.2) is 12.3 Å². The van der Waals surface area contributed by atoms with Gasteiger partial charge in [0.15, 0.2) is 12.1 Å². The van der Waals surface area contributed by atoms with Crippen LogP contribution in [0.25, 0.3) is 0 Å². The van der Waals surface area contributed by atoms with E-state index >= 15 is 0 Å². The quantitative estimate of drug-likeness (QED) is 0.751. The summed E-state index contributed by atoms with van der Waals surface area (Å²) in [5, 5.41) is 0. The molecule has 0 N–H and O–H groups in total. The number of hydrogen-bond acceptors (Lipinski definition) is 4. The summed E-state index contributed by atoms with van der Waals surface area (Å²) in [6.07, 6.45) is 8.42. The van der Waals surface area contributed by atoms with Gasteiger partial charge in [0.05, 0.1) is 0 Å². The van der Waals surface area contributed by atoms with Gasteiger partial charge < -0.3 is 4.74 Å². The number of methoxy groups -OCH3 is 1. The van der Waals surface area contributed by atoms with Crippen LogP contribution in [0, 0.1) is 5.92 Å². The van der Waals surface area contributed by atoms with E-state index in [1.807, 2.05) is 0 Å². The van der Waals surface area contributed by atoms with E-state index in [0.717, 1.165) is 19.1 Å². The first-order valence-corrected chi connectivity index (χ1v) is 6.16. The van der Waals surface area contributed by atoms with Crippen molar-refractivity contribution >= 4 is 6.29 Å². The van der Waals surface area contributed by atoms with Crippen molar-refractivity contribution in [1.82, 2.24) is 9.97 Å². The number of nitrogens with zero attached hydrogens (tertiary/aromatic N) is 2. The topological polar surface area (TPSA) is 52.1 Å². The molecule has 0 spiro atoms. The highest BCUT2D eigenvalue weighted by Gasteiger charge is 2.27. The van der Waals surface area contributed by atoms with Gasteiger partial charge in [-0.1, -0.05) is 19.3 Å². The summed E-state index contributed by atoms with van der Waals surface area (Å²) in [5.74, 6) is 1.12. The fourth-order valence-corrected chi connectivity index (χ4v) is 2.54. The van der Waals surface area contributed by atoms with Crippen LogP contribution in [0.2, 0.25) is 0 Å². The smallest absolute Gasteiger partial charge is 0.168 e. The molecule has 0 radical (unpaired) electrons. The summed E-state index contributed by atoms with van der Waals surface area (Å²) in [7, 11) is 1.69. The Morgan fingerprint density at radius 3 is 2.82 bits per heavy atom. The van der Waals surface area contributed by atoms with Crippen LogP contribution in [-0.4, -0.2) is 23.4 Å². The highest BCUT2D eigenvalue weighted by atomic mass is 16.5. The van der Waals surface area contributed by atoms with E-state index < -0.39 is 0 Å². The molecule has 1 atom stereocenters. The van der Waals surface area contributed by atoms with Gasteiger partial charge in [-0.15, -0.1) is 0 Å². The predicted molar refractivity (Wildman–Crippen MR) is 63.7 cm³/mol. The van der Waals surface area contributed by atoms with Gasteiger partial charge in [-0.2, -0.15) is 0 Å². The Morgan fingerprint density at radius 2 is 2.18 bits per heavy atom. The van der Waals surface area contributed by atoms with E-state index in [1.165, 1.54) is 19.3 Å². The molecule has 0 amide bonds. The fraction of sp³-hybridized carbons (Fsp3) is 0.615.